The summed E-state index contributed by atoms with van der Waals surface area (Å²) in [4.78, 5) is 0. The van der Waals surface area contributed by atoms with Gasteiger partial charge >= 0.3 is 11.0 Å². The Kier molecular flexibility index (Phi) is 14.3. The van der Waals surface area contributed by atoms with Crippen molar-refractivity contribution in [3.63, 3.8) is 0 Å². The van der Waals surface area contributed by atoms with Crippen LogP contribution in [0.2, 0.25) is 18.1 Å². The minimum Gasteiger partial charge on any atom is -0.421 e. The van der Waals surface area contributed by atoms with E-state index >= 15 is 0 Å². The Morgan fingerprint density at radius 2 is 1.15 bits per heavy atom. The smallest absolute Gasteiger partial charge is 0.421 e. The Hall–Kier alpha value is -0.423. The molecular formula is C17H36F6N2O5S2Si. The Morgan fingerprint density at radius 3 is 1.45 bits per heavy atom. The maximum Gasteiger partial charge on any atom is 0.480 e. The van der Waals surface area contributed by atoms with E-state index < -0.39 is 39.4 Å². The molecule has 0 saturated heterocycles. The highest BCUT2D eigenvalue weighted by Crippen LogP contribution is 2.36. The van der Waals surface area contributed by atoms with Crippen LogP contribution in [0.3, 0.4) is 0 Å². The zero-order valence-corrected chi connectivity index (χ0v) is 22.5. The van der Waals surface area contributed by atoms with Crippen LogP contribution < -0.4 is 0 Å². The lowest BCUT2D eigenvalue weighted by Crippen LogP contribution is -2.45. The summed E-state index contributed by atoms with van der Waals surface area (Å²) in [7, 11) is -10.1. The first-order valence-electron chi connectivity index (χ1n) is 10.5. The first-order chi connectivity index (χ1) is 14.7. The number of sulfonamides is 2. The average molecular weight is 555 g/mol. The number of hydrogen-bond donors (Lipinski definition) is 0. The van der Waals surface area contributed by atoms with Crippen molar-refractivity contribution in [2.75, 3.05) is 33.8 Å². The monoisotopic (exact) mass is 554 g/mol. The number of likely N-dealkylation sites (N-methyl/N-ethyl adjacent to an activating group) is 1. The summed E-state index contributed by atoms with van der Waals surface area (Å²) in [6, 6.07) is 3.80. The van der Waals surface area contributed by atoms with Gasteiger partial charge in [-0.1, -0.05) is 34.1 Å². The third kappa shape index (κ3) is 12.7. The quantitative estimate of drug-likeness (QED) is 0.133. The molecule has 0 aromatic carbocycles. The van der Waals surface area contributed by atoms with Crippen molar-refractivity contribution in [1.82, 2.24) is 0 Å². The highest BCUT2D eigenvalue weighted by molar-refractivity contribution is 8.13. The summed E-state index contributed by atoms with van der Waals surface area (Å²) in [5, 5.41) is 0. The van der Waals surface area contributed by atoms with Crippen LogP contribution in [0.15, 0.2) is 0 Å². The van der Waals surface area contributed by atoms with Gasteiger partial charge in [-0.05, 0) is 31.0 Å². The zero-order chi connectivity index (χ0) is 26.8. The van der Waals surface area contributed by atoms with Gasteiger partial charge in [0.15, 0.2) is 28.4 Å². The maximum absolute atomic E-state index is 11.4. The number of hydrogen-bond acceptors (Lipinski definition) is 5. The lowest BCUT2D eigenvalue weighted by molar-refractivity contribution is -0.890. The standard InChI is InChI=1S/C15H36NOSi.C2F6NO4S2/c1-7-11-12-13-16(5,6)14-15-17-18(8-2,9-3)10-4;3-1(4,5)14(10,11)9-15(12,13)2(6,7)8/h7-15H2,1-6H3;/q+1;-1. The Labute approximate surface area is 194 Å². The molecule has 0 rings (SSSR count). The Balaban J connectivity index is 0. The van der Waals surface area contributed by atoms with E-state index in [0.717, 1.165) is 15.2 Å². The van der Waals surface area contributed by atoms with Crippen molar-refractivity contribution >= 4 is 28.4 Å². The first kappa shape index (κ1) is 34.7. The molecule has 0 atom stereocenters. The molecule has 0 fully saturated rings. The lowest BCUT2D eigenvalue weighted by atomic mass is 10.2. The van der Waals surface area contributed by atoms with Crippen molar-refractivity contribution in [2.24, 2.45) is 0 Å². The molecule has 0 aliphatic carbocycles. The van der Waals surface area contributed by atoms with Crippen LogP contribution in [0.25, 0.3) is 4.13 Å². The van der Waals surface area contributed by atoms with Gasteiger partial charge in [0, 0.05) is 0 Å². The third-order valence-corrected chi connectivity index (χ3v) is 12.6. The van der Waals surface area contributed by atoms with Gasteiger partial charge in [-0.25, -0.2) is 16.8 Å². The largest absolute Gasteiger partial charge is 0.480 e. The number of halogens is 6. The number of unbranched alkanes of at least 4 members (excludes halogenated alkanes) is 2. The van der Waals surface area contributed by atoms with Crippen LogP contribution in [0.4, 0.5) is 26.3 Å². The molecule has 0 aromatic heterocycles. The van der Waals surface area contributed by atoms with Crippen LogP contribution in [0.5, 0.6) is 0 Å². The first-order valence-corrected chi connectivity index (χ1v) is 15.9. The number of quaternary nitrogens is 1. The molecule has 0 unspecified atom stereocenters. The van der Waals surface area contributed by atoms with E-state index in [1.807, 2.05) is 0 Å². The molecule has 7 nitrogen and oxygen atoms in total. The van der Waals surface area contributed by atoms with E-state index in [9.17, 15) is 43.2 Å². The van der Waals surface area contributed by atoms with E-state index in [-0.39, 0.29) is 0 Å². The van der Waals surface area contributed by atoms with Crippen LogP contribution in [0.1, 0.15) is 47.0 Å². The molecule has 0 amide bonds. The number of rotatable bonds is 13. The molecule has 0 aliphatic rings. The van der Waals surface area contributed by atoms with E-state index in [2.05, 4.69) is 41.8 Å². The van der Waals surface area contributed by atoms with E-state index in [0.29, 0.717) is 0 Å². The van der Waals surface area contributed by atoms with E-state index in [4.69, 9.17) is 4.43 Å². The molecule has 0 aliphatic heterocycles. The summed E-state index contributed by atoms with van der Waals surface area (Å²) >= 11 is 0. The van der Waals surface area contributed by atoms with Crippen molar-refractivity contribution in [2.45, 2.75) is 76.1 Å². The Bertz CT molecular complexity index is 717. The summed E-state index contributed by atoms with van der Waals surface area (Å²) in [6.45, 7) is 12.6. The molecule has 0 radical (unpaired) electrons. The van der Waals surface area contributed by atoms with Crippen molar-refractivity contribution in [1.29, 1.82) is 0 Å². The summed E-state index contributed by atoms with van der Waals surface area (Å²) < 4.78 is 117. The van der Waals surface area contributed by atoms with Crippen molar-refractivity contribution < 1.29 is 52.1 Å². The molecule has 33 heavy (non-hydrogen) atoms. The van der Waals surface area contributed by atoms with Crippen LogP contribution in [-0.2, 0) is 24.5 Å². The van der Waals surface area contributed by atoms with Gasteiger partial charge in [-0.2, -0.15) is 26.3 Å². The second kappa shape index (κ2) is 13.6. The van der Waals surface area contributed by atoms with Crippen molar-refractivity contribution in [3.05, 3.63) is 4.13 Å². The predicted molar refractivity (Wildman–Crippen MR) is 118 cm³/mol. The fourth-order valence-electron chi connectivity index (χ4n) is 2.68. The molecule has 0 spiro atoms. The zero-order valence-electron chi connectivity index (χ0n) is 19.9. The van der Waals surface area contributed by atoms with Gasteiger partial charge in [0.1, 0.15) is 6.54 Å². The second-order valence-electron chi connectivity index (χ2n) is 8.10. The predicted octanol–water partition coefficient (Wildman–Crippen LogP) is 5.33. The van der Waals surface area contributed by atoms with Crippen molar-refractivity contribution in [3.8, 4) is 0 Å². The highest BCUT2D eigenvalue weighted by Gasteiger charge is 2.46. The van der Waals surface area contributed by atoms with E-state index in [1.54, 1.807) is 0 Å². The second-order valence-corrected chi connectivity index (χ2v) is 16.3. The van der Waals surface area contributed by atoms with Crippen LogP contribution in [0, 0.1) is 0 Å². The van der Waals surface area contributed by atoms with Gasteiger partial charge in [0.25, 0.3) is 0 Å². The maximum atomic E-state index is 11.4. The average Bonchev–Trinajstić information content (AvgIpc) is 2.63. The fraction of sp³-hybridized carbons (Fsp3) is 1.00. The van der Waals surface area contributed by atoms with Gasteiger partial charge in [0.2, 0.25) is 0 Å². The Morgan fingerprint density at radius 1 is 0.758 bits per heavy atom. The normalized spacial score (nSPS) is 14.1. The summed E-state index contributed by atoms with van der Waals surface area (Å²) in [6.07, 6.45) is 4.02. The molecule has 0 bridgehead atoms. The SMILES string of the molecule is CCCCC[N+](C)(C)CCO[Si](CC)(CC)CC.O=S(=O)([N-]S(=O)(=O)C(F)(F)F)C(F)(F)F. The molecule has 0 aromatic rings. The van der Waals surface area contributed by atoms with Gasteiger partial charge < -0.3 is 13.0 Å². The van der Waals surface area contributed by atoms with Gasteiger partial charge in [-0.3, -0.25) is 0 Å². The molecule has 16 heteroatoms. The summed E-state index contributed by atoms with van der Waals surface area (Å²) in [5.74, 6) is 0. The van der Waals surface area contributed by atoms with Crippen LogP contribution in [-0.4, -0.2) is 74.4 Å². The van der Waals surface area contributed by atoms with E-state index in [1.165, 1.54) is 50.5 Å². The minimum atomic E-state index is -6.72. The van der Waals surface area contributed by atoms with Gasteiger partial charge in [-0.15, -0.1) is 0 Å². The summed E-state index contributed by atoms with van der Waals surface area (Å²) in [5.41, 5.74) is -12.4. The molecule has 0 saturated carbocycles. The fourth-order valence-corrected chi connectivity index (χ4v) is 7.03. The van der Waals surface area contributed by atoms with Crippen LogP contribution >= 0.6 is 0 Å². The molecule has 202 valence electrons. The molecule has 0 N–H and O–H groups in total. The minimum absolute atomic E-state index is 0.778. The number of nitrogens with zero attached hydrogens (tertiary/aromatic N) is 2. The lowest BCUT2D eigenvalue weighted by Gasteiger charge is -2.33. The third-order valence-electron chi connectivity index (χ3n) is 5.19. The molecular weight excluding hydrogens is 518 g/mol. The van der Waals surface area contributed by atoms with Gasteiger partial charge in [0.05, 0.1) is 27.2 Å². The molecule has 0 heterocycles. The highest BCUT2D eigenvalue weighted by atomic mass is 32.3. The number of alkyl halides is 6. The topological polar surface area (TPSA) is 91.6 Å².